The van der Waals surface area contributed by atoms with Crippen LogP contribution in [0.15, 0.2) is 158 Å². The van der Waals surface area contributed by atoms with Crippen molar-refractivity contribution in [3.8, 4) is 0 Å². The fraction of sp³-hybridized carbons (Fsp3) is 0.524. The van der Waals surface area contributed by atoms with Crippen LogP contribution in [0.4, 0.5) is 0 Å². The Morgan fingerprint density at radius 3 is 1.16 bits per heavy atom. The van der Waals surface area contributed by atoms with Gasteiger partial charge in [0.15, 0.2) is 33.3 Å². The topological polar surface area (TPSA) is 55.4 Å². The molecule has 5 rings (SSSR count). The molecule has 404 valence electrons. The monoisotopic (exact) mass is 1070 g/mol. The number of hydrogen-bond acceptors (Lipinski definition) is 6. The molecule has 6 nitrogen and oxygen atoms in total. The van der Waals surface area contributed by atoms with Gasteiger partial charge < -0.3 is 27.0 Å². The van der Waals surface area contributed by atoms with Crippen LogP contribution >= 0.6 is 0 Å². The van der Waals surface area contributed by atoms with Crippen molar-refractivity contribution in [2.45, 2.75) is 204 Å². The first-order chi connectivity index (χ1) is 34.2. The average Bonchev–Trinajstić information content (AvgIpc) is 3.68. The largest absolute Gasteiger partial charge is 0.469 e. The van der Waals surface area contributed by atoms with Crippen molar-refractivity contribution in [2.24, 2.45) is 0 Å². The van der Waals surface area contributed by atoms with Gasteiger partial charge in [-0.2, -0.15) is 0 Å². The number of rotatable bonds is 22. The molecule has 1 saturated heterocycles. The minimum Gasteiger partial charge on any atom is -0.414 e. The fourth-order valence-electron chi connectivity index (χ4n) is 8.68. The Labute approximate surface area is 455 Å². The van der Waals surface area contributed by atoms with Crippen molar-refractivity contribution in [1.82, 2.24) is 0 Å². The molecule has 0 radical (unpaired) electrons. The minimum atomic E-state index is -2.43. The Morgan fingerprint density at radius 1 is 0.473 bits per heavy atom. The van der Waals surface area contributed by atoms with E-state index >= 15 is 0 Å². The summed E-state index contributed by atoms with van der Waals surface area (Å²) < 4.78 is 44.7. The van der Waals surface area contributed by atoms with Gasteiger partial charge in [0.25, 0.3) is 0 Å². The van der Waals surface area contributed by atoms with Gasteiger partial charge >= 0.3 is 7.12 Å². The molecule has 1 aliphatic heterocycles. The molecular formula is C63H97BO6Si4. The Balaban J connectivity index is 1.64. The summed E-state index contributed by atoms with van der Waals surface area (Å²) in [4.78, 5) is 0. The van der Waals surface area contributed by atoms with E-state index in [1.54, 1.807) is 0 Å². The molecule has 11 heteroatoms. The highest BCUT2D eigenvalue weighted by molar-refractivity contribution is 6.75. The SMILES string of the molecule is C=C[C@@H](B1OC(c2ccccc2)(c2ccccc2)C(c2ccccc2)(c2ccccc2)O1)[C@H](/C=C/C[C@H](/C=C/C[C@@H](CO[Si](C)(C)C(C)(C)C)O[Si](C)(C)C(C)(C)C)O[Si](C)(C)C(C)(C)C)O[Si](C)(C)C(C)(C)C. The van der Waals surface area contributed by atoms with Crippen LogP contribution in [-0.2, 0) is 38.2 Å². The third-order valence-electron chi connectivity index (χ3n) is 17.4. The van der Waals surface area contributed by atoms with E-state index in [0.717, 1.165) is 28.7 Å². The van der Waals surface area contributed by atoms with Crippen LogP contribution < -0.4 is 0 Å². The summed E-state index contributed by atoms with van der Waals surface area (Å²) in [5.41, 5.74) is 1.68. The van der Waals surface area contributed by atoms with E-state index in [-0.39, 0.29) is 32.4 Å². The van der Waals surface area contributed by atoms with Crippen molar-refractivity contribution >= 4 is 40.4 Å². The van der Waals surface area contributed by atoms with Crippen LogP contribution in [0.1, 0.15) is 118 Å². The second-order valence-corrected chi connectivity index (χ2v) is 46.0. The summed E-state index contributed by atoms with van der Waals surface area (Å²) in [5.74, 6) is -0.425. The van der Waals surface area contributed by atoms with Gasteiger partial charge in [0.1, 0.15) is 11.2 Å². The predicted octanol–water partition coefficient (Wildman–Crippen LogP) is 18.1. The molecule has 1 fully saturated rings. The zero-order valence-corrected chi connectivity index (χ0v) is 53.6. The average molecular weight is 1070 g/mol. The van der Waals surface area contributed by atoms with Crippen LogP contribution in [0, 0.1) is 0 Å². The van der Waals surface area contributed by atoms with Crippen LogP contribution in [0.3, 0.4) is 0 Å². The molecule has 0 N–H and O–H groups in total. The van der Waals surface area contributed by atoms with E-state index < -0.39 is 63.5 Å². The molecule has 4 aromatic rings. The van der Waals surface area contributed by atoms with Gasteiger partial charge in [0, 0.05) is 5.82 Å². The summed E-state index contributed by atoms with van der Waals surface area (Å²) in [6.45, 7) is 51.5. The van der Waals surface area contributed by atoms with Crippen molar-refractivity contribution in [1.29, 1.82) is 0 Å². The molecule has 74 heavy (non-hydrogen) atoms. The van der Waals surface area contributed by atoms with Crippen molar-refractivity contribution in [3.05, 3.63) is 181 Å². The zero-order valence-electron chi connectivity index (χ0n) is 49.6. The van der Waals surface area contributed by atoms with Crippen LogP contribution in [0.25, 0.3) is 0 Å². The standard InChI is InChI=1S/C63H97BO6Si4/c1-22-56(64-69-62(50-37-27-23-28-38-50,51-39-29-24-30-40-51)63(70-64,52-41-31-25-32-42-52)53-43-33-26-34-44-53)57(68-74(20,21)61(11,12)13)48-36-46-54(66-72(16,17)59(5,6)7)45-35-47-55(67-73(18,19)60(8,9)10)49-65-71(14,15)58(2,3)4/h22-45,48,54-57H,1,46-47,49H2,2-21H3/b45-35+,48-36+/t54-,55-,56+,57-/m0/s1. The summed E-state index contributed by atoms with van der Waals surface area (Å²) in [7, 11) is -9.59. The number of benzene rings is 4. The summed E-state index contributed by atoms with van der Waals surface area (Å²) in [6, 6.07) is 42.4. The normalized spacial score (nSPS) is 17.9. The Bertz CT molecular complexity index is 2260. The highest BCUT2D eigenvalue weighted by atomic mass is 28.4. The maximum absolute atomic E-state index is 7.86. The van der Waals surface area contributed by atoms with E-state index in [9.17, 15) is 0 Å². The van der Waals surface area contributed by atoms with E-state index in [0.29, 0.717) is 13.0 Å². The Kier molecular flexibility index (Phi) is 19.8. The van der Waals surface area contributed by atoms with Gasteiger partial charge in [-0.3, -0.25) is 0 Å². The molecule has 0 saturated carbocycles. The van der Waals surface area contributed by atoms with E-state index in [4.69, 9.17) is 27.0 Å². The fourth-order valence-corrected chi connectivity index (χ4v) is 13.6. The van der Waals surface area contributed by atoms with Gasteiger partial charge in [0.2, 0.25) is 0 Å². The quantitative estimate of drug-likeness (QED) is 0.0577. The third-order valence-corrected chi connectivity index (χ3v) is 35.4. The lowest BCUT2D eigenvalue weighted by molar-refractivity contribution is 0.00370. The van der Waals surface area contributed by atoms with Gasteiger partial charge in [-0.1, -0.05) is 235 Å². The lowest BCUT2D eigenvalue weighted by Gasteiger charge is -2.46. The Hall–Kier alpha value is -3.21. The summed E-state index contributed by atoms with van der Waals surface area (Å²) >= 11 is 0. The van der Waals surface area contributed by atoms with Crippen LogP contribution in [0.5, 0.6) is 0 Å². The zero-order chi connectivity index (χ0) is 55.2. The highest BCUT2D eigenvalue weighted by Gasteiger charge is 2.67. The maximum atomic E-state index is 7.86. The first kappa shape index (κ1) is 61.6. The molecule has 0 unspecified atom stereocenters. The van der Waals surface area contributed by atoms with Gasteiger partial charge in [0.05, 0.1) is 24.9 Å². The van der Waals surface area contributed by atoms with Crippen molar-refractivity contribution in [2.75, 3.05) is 6.61 Å². The molecular weight excluding hydrogens is 976 g/mol. The molecule has 1 heterocycles. The predicted molar refractivity (Wildman–Crippen MR) is 326 cm³/mol. The van der Waals surface area contributed by atoms with Crippen molar-refractivity contribution in [3.63, 3.8) is 0 Å². The molecule has 0 aromatic heterocycles. The molecule has 4 aromatic carbocycles. The van der Waals surface area contributed by atoms with Gasteiger partial charge in [-0.05, 0) is 108 Å². The first-order valence-corrected chi connectivity index (χ1v) is 39.0. The second-order valence-electron chi connectivity index (χ2n) is 26.9. The molecule has 4 atom stereocenters. The van der Waals surface area contributed by atoms with Crippen molar-refractivity contribution < 1.29 is 27.0 Å². The molecule has 0 aliphatic carbocycles. The smallest absolute Gasteiger partial charge is 0.414 e. The number of hydrogen-bond donors (Lipinski definition) is 0. The lowest BCUT2D eigenvalue weighted by atomic mass is 9.66. The molecule has 1 aliphatic rings. The van der Waals surface area contributed by atoms with Gasteiger partial charge in [-0.15, -0.1) is 6.58 Å². The van der Waals surface area contributed by atoms with E-state index in [1.807, 2.05) is 6.08 Å². The third kappa shape index (κ3) is 13.9. The first-order valence-electron chi connectivity index (χ1n) is 27.4. The van der Waals surface area contributed by atoms with Crippen LogP contribution in [-0.4, -0.2) is 65.3 Å². The maximum Gasteiger partial charge on any atom is 0.469 e. The second kappa shape index (κ2) is 23.8. The Morgan fingerprint density at radius 2 is 0.811 bits per heavy atom. The molecule has 0 amide bonds. The minimum absolute atomic E-state index is 0.0147. The summed E-state index contributed by atoms with van der Waals surface area (Å²) in [5, 5.41) is 0.110. The molecule has 0 spiro atoms. The highest BCUT2D eigenvalue weighted by Crippen LogP contribution is 2.60. The lowest BCUT2D eigenvalue weighted by Crippen LogP contribution is -2.48. The van der Waals surface area contributed by atoms with E-state index in [1.165, 1.54) is 0 Å². The van der Waals surface area contributed by atoms with Crippen LogP contribution in [0.2, 0.25) is 78.3 Å². The molecule has 0 bridgehead atoms. The van der Waals surface area contributed by atoms with Gasteiger partial charge in [-0.25, -0.2) is 0 Å². The van der Waals surface area contributed by atoms with E-state index in [2.05, 4.69) is 288 Å². The summed E-state index contributed by atoms with van der Waals surface area (Å²) in [6.07, 6.45) is 11.8.